The molecule has 0 spiro atoms. The Labute approximate surface area is 195 Å². The molecule has 0 unspecified atom stereocenters. The summed E-state index contributed by atoms with van der Waals surface area (Å²) >= 11 is 0. The molecule has 0 fully saturated rings. The third kappa shape index (κ3) is 7.49. The molecule has 5 heteroatoms. The third-order valence-corrected chi connectivity index (χ3v) is 5.17. The molecule has 5 nitrogen and oxygen atoms in total. The minimum absolute atomic E-state index is 0.103. The largest absolute Gasteiger partial charge is 0.494 e. The summed E-state index contributed by atoms with van der Waals surface area (Å²) in [5, 5.41) is 2.84. The predicted octanol–water partition coefficient (Wildman–Crippen LogP) is 6.31. The number of aryl methyl sites for hydroxylation is 1. The molecule has 33 heavy (non-hydrogen) atoms. The second-order valence-electron chi connectivity index (χ2n) is 9.04. The number of benzene rings is 3. The van der Waals surface area contributed by atoms with Gasteiger partial charge in [-0.15, -0.1) is 0 Å². The van der Waals surface area contributed by atoms with Crippen molar-refractivity contribution in [1.82, 2.24) is 0 Å². The molecular weight excluding hydrogens is 414 g/mol. The molecule has 3 aromatic carbocycles. The van der Waals surface area contributed by atoms with Gasteiger partial charge in [-0.1, -0.05) is 50.6 Å². The highest BCUT2D eigenvalue weighted by Gasteiger charge is 2.13. The van der Waals surface area contributed by atoms with Gasteiger partial charge in [0.15, 0.2) is 0 Å². The normalized spacial score (nSPS) is 11.0. The quantitative estimate of drug-likeness (QED) is 0.251. The van der Waals surface area contributed by atoms with Crippen LogP contribution in [-0.2, 0) is 10.2 Å². The number of carbonyl (C=O) groups excluding carboxylic acids is 2. The molecule has 0 aliphatic heterocycles. The second kappa shape index (κ2) is 10.8. The fourth-order valence-corrected chi connectivity index (χ4v) is 3.15. The van der Waals surface area contributed by atoms with Gasteiger partial charge in [-0.3, -0.25) is 9.59 Å². The summed E-state index contributed by atoms with van der Waals surface area (Å²) in [7, 11) is 0. The van der Waals surface area contributed by atoms with Gasteiger partial charge in [-0.25, -0.2) is 0 Å². The second-order valence-corrected chi connectivity index (χ2v) is 9.04. The van der Waals surface area contributed by atoms with Crippen molar-refractivity contribution in [3.8, 4) is 11.5 Å². The smallest absolute Gasteiger partial charge is 0.311 e. The Balaban J connectivity index is 1.40. The van der Waals surface area contributed by atoms with Crippen LogP contribution in [0.5, 0.6) is 11.5 Å². The summed E-state index contributed by atoms with van der Waals surface area (Å²) in [5.41, 5.74) is 3.69. The molecule has 0 bridgehead atoms. The van der Waals surface area contributed by atoms with Gasteiger partial charge in [0.1, 0.15) is 11.5 Å². The molecule has 0 radical (unpaired) electrons. The molecule has 0 saturated heterocycles. The van der Waals surface area contributed by atoms with Crippen molar-refractivity contribution >= 4 is 17.6 Å². The Morgan fingerprint density at radius 3 is 2.03 bits per heavy atom. The fourth-order valence-electron chi connectivity index (χ4n) is 3.15. The monoisotopic (exact) mass is 445 g/mol. The predicted molar refractivity (Wildman–Crippen MR) is 131 cm³/mol. The zero-order chi connectivity index (χ0) is 23.8. The number of amides is 1. The molecule has 1 amide bonds. The first-order chi connectivity index (χ1) is 15.7. The van der Waals surface area contributed by atoms with Gasteiger partial charge >= 0.3 is 5.97 Å². The average molecular weight is 446 g/mol. The topological polar surface area (TPSA) is 64.6 Å². The molecule has 1 N–H and O–H groups in total. The van der Waals surface area contributed by atoms with Crippen molar-refractivity contribution in [3.05, 3.63) is 89.5 Å². The Morgan fingerprint density at radius 2 is 1.42 bits per heavy atom. The highest BCUT2D eigenvalue weighted by atomic mass is 16.5. The first-order valence-electron chi connectivity index (χ1n) is 11.1. The van der Waals surface area contributed by atoms with E-state index in [0.717, 1.165) is 17.0 Å². The van der Waals surface area contributed by atoms with Crippen molar-refractivity contribution in [2.24, 2.45) is 0 Å². The minimum Gasteiger partial charge on any atom is -0.494 e. The van der Waals surface area contributed by atoms with E-state index in [0.29, 0.717) is 24.3 Å². The maximum absolute atomic E-state index is 12.4. The van der Waals surface area contributed by atoms with Crippen LogP contribution in [0, 0.1) is 6.92 Å². The van der Waals surface area contributed by atoms with Crippen LogP contribution in [0.2, 0.25) is 0 Å². The van der Waals surface area contributed by atoms with Crippen molar-refractivity contribution in [3.63, 3.8) is 0 Å². The minimum atomic E-state index is -0.335. The number of hydrogen-bond acceptors (Lipinski definition) is 4. The molecule has 0 aliphatic rings. The van der Waals surface area contributed by atoms with Gasteiger partial charge in [-0.05, 0) is 72.9 Å². The van der Waals surface area contributed by atoms with Crippen LogP contribution in [0.3, 0.4) is 0 Å². The van der Waals surface area contributed by atoms with E-state index in [9.17, 15) is 9.59 Å². The Kier molecular flexibility index (Phi) is 7.88. The number of esters is 1. The van der Waals surface area contributed by atoms with E-state index in [-0.39, 0.29) is 23.7 Å². The summed E-state index contributed by atoms with van der Waals surface area (Å²) in [6, 6.07) is 22.1. The Hall–Kier alpha value is -3.60. The van der Waals surface area contributed by atoms with Crippen LogP contribution < -0.4 is 14.8 Å². The molecule has 0 aromatic heterocycles. The lowest BCUT2D eigenvalue weighted by Gasteiger charge is -2.19. The summed E-state index contributed by atoms with van der Waals surface area (Å²) in [5.74, 6) is 0.643. The molecule has 0 saturated carbocycles. The van der Waals surface area contributed by atoms with Gasteiger partial charge < -0.3 is 14.8 Å². The highest BCUT2D eigenvalue weighted by molar-refractivity contribution is 6.04. The molecular formula is C28H31NO4. The van der Waals surface area contributed by atoms with E-state index in [1.54, 1.807) is 24.3 Å². The molecule has 0 heterocycles. The van der Waals surface area contributed by atoms with Crippen LogP contribution >= 0.6 is 0 Å². The standard InChI is InChI=1S/C28H31NO4/c1-20-7-13-23(14-8-20)29-27(31)21-9-15-25(16-10-21)33-26(30)6-5-19-32-24-17-11-22(12-18-24)28(2,3)4/h7-18H,5-6,19H2,1-4H3,(H,29,31). The SMILES string of the molecule is Cc1ccc(NC(=O)c2ccc(OC(=O)CCCOc3ccc(C(C)(C)C)cc3)cc2)cc1. The zero-order valence-corrected chi connectivity index (χ0v) is 19.7. The van der Waals surface area contributed by atoms with Gasteiger partial charge in [0, 0.05) is 17.7 Å². The van der Waals surface area contributed by atoms with E-state index < -0.39 is 0 Å². The Bertz CT molecular complexity index is 1060. The number of carbonyl (C=O) groups is 2. The summed E-state index contributed by atoms with van der Waals surface area (Å²) in [6.07, 6.45) is 0.798. The Morgan fingerprint density at radius 1 is 0.818 bits per heavy atom. The first-order valence-corrected chi connectivity index (χ1v) is 11.1. The number of rotatable bonds is 8. The summed E-state index contributed by atoms with van der Waals surface area (Å²) < 4.78 is 11.1. The molecule has 3 rings (SSSR count). The van der Waals surface area contributed by atoms with Crippen molar-refractivity contribution < 1.29 is 19.1 Å². The van der Waals surface area contributed by atoms with Crippen LogP contribution in [0.1, 0.15) is 55.1 Å². The average Bonchev–Trinajstić information content (AvgIpc) is 2.78. The lowest BCUT2D eigenvalue weighted by Crippen LogP contribution is -2.12. The molecule has 3 aromatic rings. The lowest BCUT2D eigenvalue weighted by molar-refractivity contribution is -0.134. The van der Waals surface area contributed by atoms with Gasteiger partial charge in [0.2, 0.25) is 0 Å². The fraction of sp³-hybridized carbons (Fsp3) is 0.286. The van der Waals surface area contributed by atoms with Crippen molar-refractivity contribution in [1.29, 1.82) is 0 Å². The zero-order valence-electron chi connectivity index (χ0n) is 19.7. The molecule has 172 valence electrons. The molecule has 0 atom stereocenters. The van der Waals surface area contributed by atoms with E-state index in [2.05, 4.69) is 38.2 Å². The van der Waals surface area contributed by atoms with Crippen LogP contribution in [0.15, 0.2) is 72.8 Å². The lowest BCUT2D eigenvalue weighted by atomic mass is 9.87. The van der Waals surface area contributed by atoms with Gasteiger partial charge in [-0.2, -0.15) is 0 Å². The van der Waals surface area contributed by atoms with Crippen molar-refractivity contribution in [2.75, 3.05) is 11.9 Å². The third-order valence-electron chi connectivity index (χ3n) is 5.17. The van der Waals surface area contributed by atoms with Crippen molar-refractivity contribution in [2.45, 2.75) is 46.0 Å². The number of ether oxygens (including phenoxy) is 2. The number of hydrogen-bond donors (Lipinski definition) is 1. The number of nitrogens with one attached hydrogen (secondary N) is 1. The molecule has 0 aliphatic carbocycles. The highest BCUT2D eigenvalue weighted by Crippen LogP contribution is 2.24. The van der Waals surface area contributed by atoms with E-state index >= 15 is 0 Å². The first kappa shape index (κ1) is 24.1. The van der Waals surface area contributed by atoms with E-state index in [4.69, 9.17) is 9.47 Å². The van der Waals surface area contributed by atoms with E-state index in [1.807, 2.05) is 43.3 Å². The summed E-state index contributed by atoms with van der Waals surface area (Å²) in [6.45, 7) is 8.93. The van der Waals surface area contributed by atoms with E-state index in [1.165, 1.54) is 5.56 Å². The van der Waals surface area contributed by atoms with Crippen LogP contribution in [-0.4, -0.2) is 18.5 Å². The van der Waals surface area contributed by atoms with Gasteiger partial charge in [0.05, 0.1) is 6.61 Å². The van der Waals surface area contributed by atoms with Gasteiger partial charge in [0.25, 0.3) is 5.91 Å². The van der Waals surface area contributed by atoms with Crippen LogP contribution in [0.4, 0.5) is 5.69 Å². The van der Waals surface area contributed by atoms with Crippen LogP contribution in [0.25, 0.3) is 0 Å². The maximum atomic E-state index is 12.4. The maximum Gasteiger partial charge on any atom is 0.311 e. The number of anilines is 1. The summed E-state index contributed by atoms with van der Waals surface area (Å²) in [4.78, 5) is 24.5.